The van der Waals surface area contributed by atoms with Crippen LogP contribution in [0.15, 0.2) is 0 Å². The molecular weight excluding hydrogens is 212 g/mol. The zero-order chi connectivity index (χ0) is 12.5. The number of hydrogen-bond acceptors (Lipinski definition) is 2. The second kappa shape index (κ2) is 3.27. The summed E-state index contributed by atoms with van der Waals surface area (Å²) in [5.41, 5.74) is -0.121. The van der Waals surface area contributed by atoms with Crippen molar-refractivity contribution in [1.82, 2.24) is 0 Å². The van der Waals surface area contributed by atoms with Gasteiger partial charge < -0.3 is 10.2 Å². The molecule has 0 aliphatic heterocycles. The molecule has 0 aromatic rings. The van der Waals surface area contributed by atoms with E-state index in [4.69, 9.17) is 0 Å². The Morgan fingerprint density at radius 2 is 1.71 bits per heavy atom. The standard InChI is InChI=1S/C15H26O2/c1-13(2)8-11-10(13)4-6-14(3)9-15(11,17)7-5-12(14)16/h10-12,16-17H,4-9H2,1-3H3/t10-,11-,12+,14+,15+/m1/s1. The molecule has 2 N–H and O–H groups in total. The molecule has 3 aliphatic carbocycles. The number of aliphatic hydroxyl groups is 2. The Morgan fingerprint density at radius 1 is 1.00 bits per heavy atom. The van der Waals surface area contributed by atoms with E-state index in [2.05, 4.69) is 20.8 Å². The van der Waals surface area contributed by atoms with Gasteiger partial charge >= 0.3 is 0 Å². The molecular formula is C15H26O2. The van der Waals surface area contributed by atoms with Gasteiger partial charge in [0.25, 0.3) is 0 Å². The van der Waals surface area contributed by atoms with Gasteiger partial charge in [-0.15, -0.1) is 0 Å². The molecule has 2 heteroatoms. The molecule has 3 saturated carbocycles. The Kier molecular flexibility index (Phi) is 2.30. The number of fused-ring (bicyclic) bond motifs is 4. The van der Waals surface area contributed by atoms with Gasteiger partial charge in [-0.1, -0.05) is 20.8 Å². The van der Waals surface area contributed by atoms with Crippen LogP contribution in [-0.2, 0) is 0 Å². The lowest BCUT2D eigenvalue weighted by molar-refractivity contribution is -0.176. The van der Waals surface area contributed by atoms with Crippen LogP contribution >= 0.6 is 0 Å². The van der Waals surface area contributed by atoms with Crippen LogP contribution in [0, 0.1) is 22.7 Å². The molecule has 3 fully saturated rings. The molecule has 0 amide bonds. The highest BCUT2D eigenvalue weighted by Crippen LogP contribution is 2.64. The zero-order valence-electron chi connectivity index (χ0n) is 11.4. The lowest BCUT2D eigenvalue weighted by Gasteiger charge is -2.58. The molecule has 3 rings (SSSR count). The Hall–Kier alpha value is -0.0800. The summed E-state index contributed by atoms with van der Waals surface area (Å²) in [6.07, 6.45) is 5.65. The molecule has 0 aromatic heterocycles. The van der Waals surface area contributed by atoms with Crippen molar-refractivity contribution in [2.24, 2.45) is 22.7 Å². The molecule has 2 nitrogen and oxygen atoms in total. The first kappa shape index (κ1) is 12.0. The lowest BCUT2D eigenvalue weighted by atomic mass is 9.49. The average Bonchev–Trinajstić information content (AvgIpc) is 2.28. The van der Waals surface area contributed by atoms with Crippen molar-refractivity contribution >= 4 is 0 Å². The summed E-state index contributed by atoms with van der Waals surface area (Å²) in [5, 5.41) is 21.2. The Balaban J connectivity index is 1.93. The van der Waals surface area contributed by atoms with Crippen LogP contribution in [0.1, 0.15) is 59.3 Å². The minimum absolute atomic E-state index is 0.0413. The number of rotatable bonds is 0. The molecule has 17 heavy (non-hydrogen) atoms. The fraction of sp³-hybridized carbons (Fsp3) is 1.00. The first-order valence-electron chi connectivity index (χ1n) is 7.17. The van der Waals surface area contributed by atoms with E-state index in [0.717, 1.165) is 25.7 Å². The second-order valence-electron chi connectivity index (χ2n) is 7.93. The molecule has 5 atom stereocenters. The monoisotopic (exact) mass is 238 g/mol. The molecule has 2 bridgehead atoms. The number of aliphatic hydroxyl groups excluding tert-OH is 1. The van der Waals surface area contributed by atoms with Gasteiger partial charge in [-0.2, -0.15) is 0 Å². The molecule has 0 saturated heterocycles. The average molecular weight is 238 g/mol. The van der Waals surface area contributed by atoms with Crippen LogP contribution in [0.3, 0.4) is 0 Å². The van der Waals surface area contributed by atoms with E-state index in [9.17, 15) is 10.2 Å². The lowest BCUT2D eigenvalue weighted by Crippen LogP contribution is -2.57. The summed E-state index contributed by atoms with van der Waals surface area (Å²) in [6, 6.07) is 0. The van der Waals surface area contributed by atoms with Crippen LogP contribution in [0.5, 0.6) is 0 Å². The van der Waals surface area contributed by atoms with E-state index >= 15 is 0 Å². The molecule has 0 radical (unpaired) electrons. The van der Waals surface area contributed by atoms with Gasteiger partial charge in [0.2, 0.25) is 0 Å². The van der Waals surface area contributed by atoms with Gasteiger partial charge in [0.05, 0.1) is 11.7 Å². The smallest absolute Gasteiger partial charge is 0.0686 e. The van der Waals surface area contributed by atoms with E-state index in [-0.39, 0.29) is 11.5 Å². The van der Waals surface area contributed by atoms with Crippen LogP contribution in [0.2, 0.25) is 0 Å². The summed E-state index contributed by atoms with van der Waals surface area (Å²) >= 11 is 0. The topological polar surface area (TPSA) is 40.5 Å². The van der Waals surface area contributed by atoms with Crippen LogP contribution in [-0.4, -0.2) is 21.9 Å². The van der Waals surface area contributed by atoms with Crippen molar-refractivity contribution in [3.05, 3.63) is 0 Å². The summed E-state index contributed by atoms with van der Waals surface area (Å²) in [4.78, 5) is 0. The largest absolute Gasteiger partial charge is 0.393 e. The van der Waals surface area contributed by atoms with Crippen LogP contribution in [0.4, 0.5) is 0 Å². The van der Waals surface area contributed by atoms with Crippen molar-refractivity contribution < 1.29 is 10.2 Å². The Labute approximate surface area is 104 Å². The minimum Gasteiger partial charge on any atom is -0.393 e. The van der Waals surface area contributed by atoms with Crippen molar-refractivity contribution in [2.75, 3.05) is 0 Å². The molecule has 0 unspecified atom stereocenters. The van der Waals surface area contributed by atoms with Gasteiger partial charge in [0.1, 0.15) is 0 Å². The van der Waals surface area contributed by atoms with E-state index in [1.807, 2.05) is 0 Å². The quantitative estimate of drug-likeness (QED) is 0.681. The minimum atomic E-state index is -0.481. The maximum atomic E-state index is 11.0. The second-order valence-corrected chi connectivity index (χ2v) is 7.93. The predicted molar refractivity (Wildman–Crippen MR) is 67.5 cm³/mol. The molecule has 3 aliphatic rings. The maximum absolute atomic E-state index is 11.0. The highest BCUT2D eigenvalue weighted by Gasteiger charge is 2.61. The Morgan fingerprint density at radius 3 is 2.35 bits per heavy atom. The van der Waals surface area contributed by atoms with E-state index in [0.29, 0.717) is 17.3 Å². The summed E-state index contributed by atoms with van der Waals surface area (Å²) in [5.74, 6) is 1.16. The van der Waals surface area contributed by atoms with E-state index < -0.39 is 5.60 Å². The highest BCUT2D eigenvalue weighted by molar-refractivity contribution is 5.12. The fourth-order valence-corrected chi connectivity index (χ4v) is 5.10. The maximum Gasteiger partial charge on any atom is 0.0686 e. The zero-order valence-corrected chi connectivity index (χ0v) is 11.4. The third kappa shape index (κ3) is 1.53. The van der Waals surface area contributed by atoms with Crippen molar-refractivity contribution in [1.29, 1.82) is 0 Å². The first-order valence-corrected chi connectivity index (χ1v) is 7.17. The highest BCUT2D eigenvalue weighted by atomic mass is 16.3. The van der Waals surface area contributed by atoms with E-state index in [1.165, 1.54) is 12.8 Å². The van der Waals surface area contributed by atoms with Crippen LogP contribution in [0.25, 0.3) is 0 Å². The van der Waals surface area contributed by atoms with E-state index in [1.54, 1.807) is 0 Å². The molecule has 0 aromatic carbocycles. The SMILES string of the molecule is CC1(C)C[C@@H]2[C@H]1CC[C@@]1(C)C[C@@]2(O)CC[C@@H]1O. The molecule has 0 heterocycles. The Bertz CT molecular complexity index is 338. The summed E-state index contributed by atoms with van der Waals surface area (Å²) in [6.45, 7) is 6.86. The summed E-state index contributed by atoms with van der Waals surface area (Å²) < 4.78 is 0. The van der Waals surface area contributed by atoms with Crippen LogP contribution < -0.4 is 0 Å². The molecule has 98 valence electrons. The van der Waals surface area contributed by atoms with Crippen molar-refractivity contribution in [2.45, 2.75) is 71.0 Å². The normalized spacial score (nSPS) is 56.6. The molecule has 0 spiro atoms. The van der Waals surface area contributed by atoms with Crippen molar-refractivity contribution in [3.63, 3.8) is 0 Å². The fourth-order valence-electron chi connectivity index (χ4n) is 5.10. The predicted octanol–water partition coefficient (Wildman–Crippen LogP) is 2.72. The van der Waals surface area contributed by atoms with Gasteiger partial charge in [0.15, 0.2) is 0 Å². The number of hydrogen-bond donors (Lipinski definition) is 2. The third-order valence-electron chi connectivity index (χ3n) is 6.32. The first-order chi connectivity index (χ1) is 7.77. The van der Waals surface area contributed by atoms with Gasteiger partial charge in [0, 0.05) is 0 Å². The van der Waals surface area contributed by atoms with Gasteiger partial charge in [-0.05, 0) is 61.2 Å². The van der Waals surface area contributed by atoms with Crippen molar-refractivity contribution in [3.8, 4) is 0 Å². The third-order valence-corrected chi connectivity index (χ3v) is 6.32. The van der Waals surface area contributed by atoms with Gasteiger partial charge in [-0.25, -0.2) is 0 Å². The van der Waals surface area contributed by atoms with Gasteiger partial charge in [-0.3, -0.25) is 0 Å². The summed E-state index contributed by atoms with van der Waals surface area (Å²) in [7, 11) is 0.